The van der Waals surface area contributed by atoms with Gasteiger partial charge >= 0.3 is 0 Å². The Kier molecular flexibility index (Phi) is 4.61. The highest BCUT2D eigenvalue weighted by molar-refractivity contribution is 5.38. The average Bonchev–Trinajstić information content (AvgIpc) is 2.37. The fourth-order valence-corrected chi connectivity index (χ4v) is 2.26. The number of rotatable bonds is 4. The van der Waals surface area contributed by atoms with E-state index < -0.39 is 0 Å². The maximum Gasteiger partial charge on any atom is 0.124 e. The molecule has 0 saturated carbocycles. The monoisotopic (exact) mass is 249 g/mol. The summed E-state index contributed by atoms with van der Waals surface area (Å²) in [5, 5.41) is 0. The maximum absolute atomic E-state index is 5.96. The van der Waals surface area contributed by atoms with Crippen molar-refractivity contribution in [2.45, 2.75) is 45.3 Å². The molecule has 1 heterocycles. The highest BCUT2D eigenvalue weighted by Crippen LogP contribution is 2.26. The largest absolute Gasteiger partial charge is 0.491 e. The SMILES string of the molecule is Cc1ccc(C(C)N)c(OCC2CCCCO2)c1. The van der Waals surface area contributed by atoms with Crippen molar-refractivity contribution in [1.29, 1.82) is 0 Å². The van der Waals surface area contributed by atoms with Crippen LogP contribution in [0.5, 0.6) is 5.75 Å². The lowest BCUT2D eigenvalue weighted by Crippen LogP contribution is -2.26. The Bertz CT molecular complexity index is 384. The zero-order valence-electron chi connectivity index (χ0n) is 11.3. The van der Waals surface area contributed by atoms with E-state index in [-0.39, 0.29) is 12.1 Å². The van der Waals surface area contributed by atoms with Gasteiger partial charge in [0.25, 0.3) is 0 Å². The molecule has 1 saturated heterocycles. The molecule has 0 spiro atoms. The molecule has 100 valence electrons. The molecule has 3 nitrogen and oxygen atoms in total. The van der Waals surface area contributed by atoms with Crippen LogP contribution in [0.3, 0.4) is 0 Å². The Balaban J connectivity index is 2.00. The summed E-state index contributed by atoms with van der Waals surface area (Å²) in [5.74, 6) is 0.902. The van der Waals surface area contributed by atoms with Crippen LogP contribution in [0.2, 0.25) is 0 Å². The molecule has 2 N–H and O–H groups in total. The Hall–Kier alpha value is -1.06. The molecule has 2 atom stereocenters. The van der Waals surface area contributed by atoms with Crippen molar-refractivity contribution in [3.63, 3.8) is 0 Å². The third kappa shape index (κ3) is 3.47. The zero-order valence-corrected chi connectivity index (χ0v) is 11.3. The van der Waals surface area contributed by atoms with Crippen molar-refractivity contribution < 1.29 is 9.47 Å². The van der Waals surface area contributed by atoms with E-state index in [9.17, 15) is 0 Å². The number of benzene rings is 1. The van der Waals surface area contributed by atoms with Crippen LogP contribution < -0.4 is 10.5 Å². The second kappa shape index (κ2) is 6.21. The Morgan fingerprint density at radius 3 is 2.94 bits per heavy atom. The average molecular weight is 249 g/mol. The minimum atomic E-state index is -0.00660. The lowest BCUT2D eigenvalue weighted by Gasteiger charge is -2.23. The third-order valence-corrected chi connectivity index (χ3v) is 3.36. The van der Waals surface area contributed by atoms with Gasteiger partial charge in [-0.15, -0.1) is 0 Å². The molecule has 0 aliphatic carbocycles. The predicted molar refractivity (Wildman–Crippen MR) is 72.9 cm³/mol. The van der Waals surface area contributed by atoms with Crippen molar-refractivity contribution in [3.05, 3.63) is 29.3 Å². The lowest BCUT2D eigenvalue weighted by molar-refractivity contribution is -0.0113. The van der Waals surface area contributed by atoms with E-state index in [0.29, 0.717) is 6.61 Å². The lowest BCUT2D eigenvalue weighted by atomic mass is 10.1. The molecule has 2 unspecified atom stereocenters. The van der Waals surface area contributed by atoms with Crippen LogP contribution in [-0.2, 0) is 4.74 Å². The van der Waals surface area contributed by atoms with Crippen molar-refractivity contribution in [1.82, 2.24) is 0 Å². The van der Waals surface area contributed by atoms with Crippen LogP contribution in [0.15, 0.2) is 18.2 Å². The molecule has 0 amide bonds. The topological polar surface area (TPSA) is 44.5 Å². The van der Waals surface area contributed by atoms with Gasteiger partial charge in [0, 0.05) is 18.2 Å². The van der Waals surface area contributed by atoms with Crippen molar-refractivity contribution >= 4 is 0 Å². The quantitative estimate of drug-likeness (QED) is 0.892. The van der Waals surface area contributed by atoms with E-state index in [0.717, 1.165) is 24.3 Å². The van der Waals surface area contributed by atoms with Gasteiger partial charge in [-0.3, -0.25) is 0 Å². The van der Waals surface area contributed by atoms with Crippen molar-refractivity contribution in [2.75, 3.05) is 13.2 Å². The number of ether oxygens (including phenoxy) is 2. The van der Waals surface area contributed by atoms with Crippen molar-refractivity contribution in [2.24, 2.45) is 5.73 Å². The number of hydrogen-bond donors (Lipinski definition) is 1. The van der Waals surface area contributed by atoms with Gasteiger partial charge < -0.3 is 15.2 Å². The first-order valence-electron chi connectivity index (χ1n) is 6.77. The molecule has 18 heavy (non-hydrogen) atoms. The summed E-state index contributed by atoms with van der Waals surface area (Å²) < 4.78 is 11.6. The van der Waals surface area contributed by atoms with E-state index >= 15 is 0 Å². The smallest absolute Gasteiger partial charge is 0.124 e. The molecule has 1 fully saturated rings. The summed E-state index contributed by atoms with van der Waals surface area (Å²) in [6.45, 7) is 5.54. The molecule has 1 aliphatic rings. The Labute approximate surface area is 109 Å². The number of hydrogen-bond acceptors (Lipinski definition) is 3. The summed E-state index contributed by atoms with van der Waals surface area (Å²) >= 11 is 0. The van der Waals surface area contributed by atoms with Crippen LogP contribution in [0, 0.1) is 6.92 Å². The maximum atomic E-state index is 5.96. The summed E-state index contributed by atoms with van der Waals surface area (Å²) in [6.07, 6.45) is 3.74. The predicted octanol–water partition coefficient (Wildman–Crippen LogP) is 2.96. The summed E-state index contributed by atoms with van der Waals surface area (Å²) in [7, 11) is 0. The molecule has 1 aromatic rings. The summed E-state index contributed by atoms with van der Waals surface area (Å²) in [4.78, 5) is 0. The highest BCUT2D eigenvalue weighted by Gasteiger charge is 2.16. The second-order valence-corrected chi connectivity index (χ2v) is 5.13. The van der Waals surface area contributed by atoms with E-state index in [1.165, 1.54) is 18.4 Å². The zero-order chi connectivity index (χ0) is 13.0. The third-order valence-electron chi connectivity index (χ3n) is 3.36. The molecular weight excluding hydrogens is 226 g/mol. The van der Waals surface area contributed by atoms with Gasteiger partial charge in [0.1, 0.15) is 12.4 Å². The van der Waals surface area contributed by atoms with Gasteiger partial charge in [-0.05, 0) is 44.7 Å². The minimum absolute atomic E-state index is 0.00660. The molecule has 2 rings (SSSR count). The van der Waals surface area contributed by atoms with E-state index in [1.807, 2.05) is 6.92 Å². The van der Waals surface area contributed by atoms with Gasteiger partial charge in [-0.25, -0.2) is 0 Å². The standard InChI is InChI=1S/C15H23NO2/c1-11-6-7-14(12(2)16)15(9-11)18-10-13-5-3-4-8-17-13/h6-7,9,12-13H,3-5,8,10,16H2,1-2H3. The fourth-order valence-electron chi connectivity index (χ4n) is 2.26. The molecular formula is C15H23NO2. The second-order valence-electron chi connectivity index (χ2n) is 5.13. The summed E-state index contributed by atoms with van der Waals surface area (Å²) in [6, 6.07) is 6.18. The van der Waals surface area contributed by atoms with Gasteiger partial charge in [0.05, 0.1) is 6.10 Å². The molecule has 1 aromatic carbocycles. The van der Waals surface area contributed by atoms with E-state index in [1.54, 1.807) is 0 Å². The van der Waals surface area contributed by atoms with Gasteiger partial charge in [0.15, 0.2) is 0 Å². The van der Waals surface area contributed by atoms with Gasteiger partial charge in [-0.2, -0.15) is 0 Å². The first kappa shape index (κ1) is 13.4. The Morgan fingerprint density at radius 1 is 1.44 bits per heavy atom. The van der Waals surface area contributed by atoms with Crippen LogP contribution in [-0.4, -0.2) is 19.3 Å². The van der Waals surface area contributed by atoms with E-state index in [2.05, 4.69) is 25.1 Å². The minimum Gasteiger partial charge on any atom is -0.491 e. The molecule has 0 radical (unpaired) electrons. The Morgan fingerprint density at radius 2 is 2.28 bits per heavy atom. The van der Waals surface area contributed by atoms with Crippen LogP contribution >= 0.6 is 0 Å². The van der Waals surface area contributed by atoms with Crippen LogP contribution in [0.1, 0.15) is 43.4 Å². The molecule has 3 heteroatoms. The molecule has 0 bridgehead atoms. The molecule has 1 aliphatic heterocycles. The number of nitrogens with two attached hydrogens (primary N) is 1. The normalized spacial score (nSPS) is 21.6. The highest BCUT2D eigenvalue weighted by atomic mass is 16.5. The first-order chi connectivity index (χ1) is 8.66. The van der Waals surface area contributed by atoms with E-state index in [4.69, 9.17) is 15.2 Å². The first-order valence-corrected chi connectivity index (χ1v) is 6.77. The summed E-state index contributed by atoms with van der Waals surface area (Å²) in [5.41, 5.74) is 8.22. The van der Waals surface area contributed by atoms with Crippen molar-refractivity contribution in [3.8, 4) is 5.75 Å². The van der Waals surface area contributed by atoms with Gasteiger partial charge in [-0.1, -0.05) is 12.1 Å². The fraction of sp³-hybridized carbons (Fsp3) is 0.600. The van der Waals surface area contributed by atoms with Crippen LogP contribution in [0.25, 0.3) is 0 Å². The van der Waals surface area contributed by atoms with Gasteiger partial charge in [0.2, 0.25) is 0 Å². The van der Waals surface area contributed by atoms with Crippen LogP contribution in [0.4, 0.5) is 0 Å². The number of aryl methyl sites for hydroxylation is 1. The molecule has 0 aromatic heterocycles.